The average molecular weight is 471 g/mol. The summed E-state index contributed by atoms with van der Waals surface area (Å²) in [7, 11) is -1.97. The third kappa shape index (κ3) is 4.96. The van der Waals surface area contributed by atoms with Gasteiger partial charge in [-0.3, -0.25) is 0 Å². The Labute approximate surface area is 197 Å². The fourth-order valence-corrected chi connectivity index (χ4v) is 5.53. The smallest absolute Gasteiger partial charge is 0.322 e. The van der Waals surface area contributed by atoms with Gasteiger partial charge in [-0.25, -0.2) is 19.2 Å². The zero-order chi connectivity index (χ0) is 24.0. The first kappa shape index (κ1) is 23.8. The van der Waals surface area contributed by atoms with Gasteiger partial charge in [0.25, 0.3) is 0 Å². The number of piperidine rings is 1. The first-order valence-electron chi connectivity index (χ1n) is 11.8. The molecule has 2 saturated heterocycles. The summed E-state index contributed by atoms with van der Waals surface area (Å²) in [6, 6.07) is 6.34. The Hall–Kier alpha value is -2.32. The number of halogens is 1. The van der Waals surface area contributed by atoms with Gasteiger partial charge < -0.3 is 14.6 Å². The zero-order valence-electron chi connectivity index (χ0n) is 20.5. The van der Waals surface area contributed by atoms with Crippen molar-refractivity contribution in [1.29, 1.82) is 0 Å². The molecule has 3 heterocycles. The molecule has 2 aliphatic heterocycles. The van der Waals surface area contributed by atoms with Crippen molar-refractivity contribution in [2.45, 2.75) is 83.8 Å². The number of rotatable bonds is 5. The van der Waals surface area contributed by atoms with Crippen LogP contribution in [0, 0.1) is 11.7 Å². The minimum absolute atomic E-state index is 0.0561. The summed E-state index contributed by atoms with van der Waals surface area (Å²) < 4.78 is 19.9. The van der Waals surface area contributed by atoms with Crippen LogP contribution < -0.4 is 5.32 Å². The van der Waals surface area contributed by atoms with E-state index in [0.717, 1.165) is 42.8 Å². The number of anilines is 1. The molecule has 0 spiro atoms. The molecule has 1 saturated carbocycles. The Kier molecular flexibility index (Phi) is 6.35. The second kappa shape index (κ2) is 8.80. The lowest BCUT2D eigenvalue weighted by Crippen LogP contribution is -2.63. The van der Waals surface area contributed by atoms with Crippen LogP contribution in [0.3, 0.4) is 0 Å². The molecule has 1 aromatic carbocycles. The lowest BCUT2D eigenvalue weighted by molar-refractivity contribution is -0.00601. The van der Waals surface area contributed by atoms with Crippen molar-refractivity contribution in [3.8, 4) is 11.4 Å². The summed E-state index contributed by atoms with van der Waals surface area (Å²) in [5.41, 5.74) is 2.33. The predicted molar refractivity (Wildman–Crippen MR) is 131 cm³/mol. The molecule has 1 aliphatic carbocycles. The number of hydrogen-bond acceptors (Lipinski definition) is 4. The Balaban J connectivity index is 1.56. The van der Waals surface area contributed by atoms with E-state index in [1.54, 1.807) is 0 Å². The number of urea groups is 1. The lowest BCUT2D eigenvalue weighted by Gasteiger charge is -2.54. The van der Waals surface area contributed by atoms with Gasteiger partial charge in [0, 0.05) is 23.3 Å². The molecule has 1 N–H and O–H groups in total. The zero-order valence-corrected chi connectivity index (χ0v) is 21.5. The molecule has 3 fully saturated rings. The fourth-order valence-electron chi connectivity index (χ4n) is 4.58. The number of carbonyl (C=O) groups excluding carboxylic acids is 1. The normalized spacial score (nSPS) is 22.6. The molecule has 33 heavy (non-hydrogen) atoms. The topological polar surface area (TPSA) is 67.4 Å². The Morgan fingerprint density at radius 2 is 1.82 bits per heavy atom. The molecule has 0 radical (unpaired) electrons. The number of fused-ring (bicyclic) bond motifs is 2. The van der Waals surface area contributed by atoms with Gasteiger partial charge in [0.1, 0.15) is 0 Å². The number of nitrogens with zero attached hydrogens (tertiary/aromatic N) is 3. The number of aromatic nitrogens is 2. The van der Waals surface area contributed by atoms with Crippen LogP contribution in [0.4, 0.5) is 14.9 Å². The second-order valence-electron chi connectivity index (χ2n) is 11.1. The van der Waals surface area contributed by atoms with Gasteiger partial charge in [0.05, 0.1) is 19.0 Å². The van der Waals surface area contributed by atoms with Crippen LogP contribution in [-0.2, 0) is 11.0 Å². The van der Waals surface area contributed by atoms with E-state index >= 15 is 0 Å². The highest BCUT2D eigenvalue weighted by Gasteiger charge is 2.46. The maximum atomic E-state index is 13.5. The molecule has 5 rings (SSSR count). The minimum Gasteiger partial charge on any atom is -0.413 e. The van der Waals surface area contributed by atoms with E-state index in [0.29, 0.717) is 36.1 Å². The molecular formula is C25H35FN4O2Si. The minimum atomic E-state index is -1.97. The molecule has 2 bridgehead atoms. The highest BCUT2D eigenvalue weighted by Crippen LogP contribution is 2.41. The van der Waals surface area contributed by atoms with E-state index in [-0.39, 0.29) is 11.1 Å². The van der Waals surface area contributed by atoms with E-state index in [1.165, 1.54) is 0 Å². The van der Waals surface area contributed by atoms with Gasteiger partial charge in [-0.2, -0.15) is 0 Å². The molecule has 2 aromatic rings. The van der Waals surface area contributed by atoms with E-state index < -0.39 is 14.1 Å². The fraction of sp³-hybridized carbons (Fsp3) is 0.560. The summed E-state index contributed by atoms with van der Waals surface area (Å²) in [5.74, 6) is 0.608. The van der Waals surface area contributed by atoms with Gasteiger partial charge in [-0.05, 0) is 61.0 Å². The highest BCUT2D eigenvalue weighted by molar-refractivity contribution is 6.74. The molecular weight excluding hydrogens is 435 g/mol. The van der Waals surface area contributed by atoms with Crippen LogP contribution in [-0.4, -0.2) is 41.3 Å². The third-order valence-electron chi connectivity index (χ3n) is 7.53. The van der Waals surface area contributed by atoms with Gasteiger partial charge in [-0.1, -0.05) is 33.8 Å². The van der Waals surface area contributed by atoms with Gasteiger partial charge in [0.2, 0.25) is 0 Å². The number of nitrogens with one attached hydrogen (secondary N) is 1. The summed E-state index contributed by atoms with van der Waals surface area (Å²) in [6.45, 7) is 13.7. The number of carbonyl (C=O) groups is 1. The number of amides is 2. The Morgan fingerprint density at radius 3 is 2.42 bits per heavy atom. The molecule has 6 nitrogen and oxygen atoms in total. The van der Waals surface area contributed by atoms with E-state index in [2.05, 4.69) is 56.1 Å². The molecule has 1 aromatic heterocycles. The van der Waals surface area contributed by atoms with Crippen LogP contribution in [0.2, 0.25) is 18.1 Å². The molecule has 2 unspecified atom stereocenters. The maximum Gasteiger partial charge on any atom is 0.322 e. The van der Waals surface area contributed by atoms with Gasteiger partial charge >= 0.3 is 6.03 Å². The van der Waals surface area contributed by atoms with Crippen molar-refractivity contribution >= 4 is 20.0 Å². The van der Waals surface area contributed by atoms with Crippen molar-refractivity contribution in [1.82, 2.24) is 14.9 Å². The maximum absolute atomic E-state index is 13.5. The summed E-state index contributed by atoms with van der Waals surface area (Å²) in [5, 5.41) is 3.14. The average Bonchev–Trinajstić information content (AvgIpc) is 2.72. The molecule has 2 atom stereocenters. The van der Waals surface area contributed by atoms with Crippen LogP contribution in [0.15, 0.2) is 30.6 Å². The van der Waals surface area contributed by atoms with Crippen LogP contribution >= 0.6 is 0 Å². The Bertz CT molecular complexity index is 1010. The Morgan fingerprint density at radius 1 is 1.18 bits per heavy atom. The number of hydrogen-bond donors (Lipinski definition) is 1. The van der Waals surface area contributed by atoms with Crippen molar-refractivity contribution in [3.05, 3.63) is 42.0 Å². The quantitative estimate of drug-likeness (QED) is 0.528. The van der Waals surface area contributed by atoms with Gasteiger partial charge in [-0.15, -0.1) is 0 Å². The van der Waals surface area contributed by atoms with Crippen molar-refractivity contribution < 1.29 is 13.6 Å². The van der Waals surface area contributed by atoms with Crippen molar-refractivity contribution in [2.24, 2.45) is 5.92 Å². The molecule has 8 heteroatoms. The largest absolute Gasteiger partial charge is 0.413 e. The van der Waals surface area contributed by atoms with E-state index in [9.17, 15) is 9.18 Å². The van der Waals surface area contributed by atoms with Crippen molar-refractivity contribution in [3.63, 3.8) is 0 Å². The first-order valence-corrected chi connectivity index (χ1v) is 14.7. The van der Waals surface area contributed by atoms with Gasteiger partial charge in [0.15, 0.2) is 20.0 Å². The monoisotopic (exact) mass is 470 g/mol. The first-order chi connectivity index (χ1) is 15.4. The van der Waals surface area contributed by atoms with Crippen LogP contribution in [0.5, 0.6) is 0 Å². The number of benzene rings is 1. The summed E-state index contributed by atoms with van der Waals surface area (Å²) in [4.78, 5) is 23.3. The predicted octanol–water partition coefficient (Wildman–Crippen LogP) is 6.21. The van der Waals surface area contributed by atoms with Crippen molar-refractivity contribution in [2.75, 3.05) is 5.32 Å². The standard InChI is InChI=1S/C25H35FN4O2Si/c1-16-9-20-12-21(10-16)30(20)24(31)29-19-8-7-17(15-32-33(5,6)25(2,3)4)22(11-19)23-27-13-18(26)14-28-23/h7-8,11,13-14,16,20-21H,9-10,12,15H2,1-6H3,(H,29,31). The van der Waals surface area contributed by atoms with E-state index in [4.69, 9.17) is 4.43 Å². The third-order valence-corrected chi connectivity index (χ3v) is 12.0. The molecule has 3 aliphatic rings. The molecule has 2 amide bonds. The van der Waals surface area contributed by atoms with Crippen LogP contribution in [0.25, 0.3) is 11.4 Å². The lowest BCUT2D eigenvalue weighted by atomic mass is 9.74. The second-order valence-corrected chi connectivity index (χ2v) is 15.9. The highest BCUT2D eigenvalue weighted by atomic mass is 28.4. The van der Waals surface area contributed by atoms with Crippen LogP contribution in [0.1, 0.15) is 52.5 Å². The summed E-state index contributed by atoms with van der Waals surface area (Å²) in [6.07, 6.45) is 5.57. The SMILES string of the molecule is CC1CC2CC(C1)N2C(=O)Nc1ccc(CO[Si](C)(C)C(C)(C)C)c(-c2ncc(F)cn2)c1. The van der Waals surface area contributed by atoms with E-state index in [1.807, 2.05) is 23.1 Å². The molecule has 178 valence electrons. The summed E-state index contributed by atoms with van der Waals surface area (Å²) >= 11 is 0.